The van der Waals surface area contributed by atoms with Crippen molar-refractivity contribution in [3.8, 4) is 11.5 Å². The van der Waals surface area contributed by atoms with Crippen LogP contribution in [0.15, 0.2) is 37.2 Å². The van der Waals surface area contributed by atoms with Crippen LogP contribution in [0.3, 0.4) is 0 Å². The van der Waals surface area contributed by atoms with Gasteiger partial charge in [-0.2, -0.15) is 5.10 Å². The fourth-order valence-electron chi connectivity index (χ4n) is 3.18. The Bertz CT molecular complexity index is 1450. The molecule has 10 nitrogen and oxygen atoms in total. The van der Waals surface area contributed by atoms with Crippen LogP contribution in [-0.4, -0.2) is 45.7 Å². The second kappa shape index (κ2) is 9.90. The topological polar surface area (TPSA) is 120 Å². The number of methoxy groups -OCH3 is 2. The number of carbonyl (C=O) groups is 2. The molecule has 0 aliphatic carbocycles. The molecule has 1 amide bonds. The van der Waals surface area contributed by atoms with Gasteiger partial charge in [-0.15, -0.1) is 11.3 Å². The van der Waals surface area contributed by atoms with Gasteiger partial charge < -0.3 is 20.1 Å². The van der Waals surface area contributed by atoms with Gasteiger partial charge in [0.1, 0.15) is 17.2 Å². The lowest BCUT2D eigenvalue weighted by molar-refractivity contribution is -0.111. The average molecular weight is 533 g/mol. The molecule has 3 heterocycles. The zero-order valence-electron chi connectivity index (χ0n) is 18.7. The van der Waals surface area contributed by atoms with Gasteiger partial charge in [-0.25, -0.2) is 9.97 Å². The minimum absolute atomic E-state index is 0.0680. The van der Waals surface area contributed by atoms with E-state index in [0.717, 1.165) is 6.08 Å². The van der Waals surface area contributed by atoms with Crippen molar-refractivity contribution in [1.82, 2.24) is 19.7 Å². The maximum absolute atomic E-state index is 13.4. The number of nitrogens with one attached hydrogen (secondary N) is 2. The van der Waals surface area contributed by atoms with Crippen molar-refractivity contribution in [2.75, 3.05) is 24.9 Å². The van der Waals surface area contributed by atoms with Gasteiger partial charge in [0.25, 0.3) is 0 Å². The summed E-state index contributed by atoms with van der Waals surface area (Å²) in [5, 5.41) is 10.1. The second-order valence-electron chi connectivity index (χ2n) is 7.05. The normalized spacial score (nSPS) is 10.8. The van der Waals surface area contributed by atoms with Crippen LogP contribution in [0, 0.1) is 0 Å². The van der Waals surface area contributed by atoms with Gasteiger partial charge in [-0.3, -0.25) is 14.3 Å². The zero-order valence-corrected chi connectivity index (χ0v) is 21.0. The Morgan fingerprint density at radius 2 is 1.86 bits per heavy atom. The predicted octanol–water partition coefficient (Wildman–Crippen LogP) is 4.85. The third kappa shape index (κ3) is 4.78. The van der Waals surface area contributed by atoms with Gasteiger partial charge in [-0.1, -0.05) is 29.8 Å². The van der Waals surface area contributed by atoms with Gasteiger partial charge in [0.2, 0.25) is 17.6 Å². The molecular formula is C22H18Cl2N6O4S. The standard InChI is InChI=1S/C22H18Cl2N6O4S/c1-5-16(31)26-11-9-30(2)29-21(11)28-22-25-8-15-10(27-22)6-14(35-15)20(32)17-18(23)12(33-3)7-13(34-4)19(17)24/h5-9H,1H2,2-4H3,(H,26,31)(H,25,27,28,29). The Balaban J connectivity index is 1.68. The molecule has 0 atom stereocenters. The SMILES string of the molecule is C=CC(=O)Nc1cn(C)nc1Nc1ncc2sc(C(=O)c3c(Cl)c(OC)cc(OC)c3Cl)cc2n1. The molecule has 0 saturated carbocycles. The fourth-order valence-corrected chi connectivity index (χ4v) is 4.77. The lowest BCUT2D eigenvalue weighted by Crippen LogP contribution is -2.08. The number of hydrogen-bond donors (Lipinski definition) is 2. The van der Waals surface area contributed by atoms with Crippen molar-refractivity contribution in [2.24, 2.45) is 7.05 Å². The molecule has 180 valence electrons. The summed E-state index contributed by atoms with van der Waals surface area (Å²) in [7, 11) is 4.57. The smallest absolute Gasteiger partial charge is 0.247 e. The average Bonchev–Trinajstić information content (AvgIpc) is 3.41. The number of aromatic nitrogens is 4. The van der Waals surface area contributed by atoms with Crippen molar-refractivity contribution in [3.63, 3.8) is 0 Å². The number of hydrogen-bond acceptors (Lipinski definition) is 9. The molecule has 0 fully saturated rings. The zero-order chi connectivity index (χ0) is 25.3. The molecule has 3 aromatic heterocycles. The van der Waals surface area contributed by atoms with Gasteiger partial charge in [0, 0.05) is 13.1 Å². The summed E-state index contributed by atoms with van der Waals surface area (Å²) < 4.78 is 12.7. The summed E-state index contributed by atoms with van der Waals surface area (Å²) in [6, 6.07) is 3.13. The molecule has 4 rings (SSSR count). The van der Waals surface area contributed by atoms with E-state index >= 15 is 0 Å². The molecule has 1 aromatic carbocycles. The molecule has 0 bridgehead atoms. The van der Waals surface area contributed by atoms with Crippen LogP contribution in [0.5, 0.6) is 11.5 Å². The van der Waals surface area contributed by atoms with E-state index in [0.29, 0.717) is 26.6 Å². The van der Waals surface area contributed by atoms with E-state index in [9.17, 15) is 9.59 Å². The highest BCUT2D eigenvalue weighted by atomic mass is 35.5. The van der Waals surface area contributed by atoms with Crippen molar-refractivity contribution in [2.45, 2.75) is 0 Å². The number of benzene rings is 1. The highest BCUT2D eigenvalue weighted by Gasteiger charge is 2.25. The van der Waals surface area contributed by atoms with E-state index in [2.05, 4.69) is 32.3 Å². The molecule has 0 radical (unpaired) electrons. The monoisotopic (exact) mass is 532 g/mol. The Morgan fingerprint density at radius 3 is 2.49 bits per heavy atom. The maximum Gasteiger partial charge on any atom is 0.247 e. The van der Waals surface area contributed by atoms with Crippen LogP contribution in [0.25, 0.3) is 10.2 Å². The number of nitrogens with zero attached hydrogens (tertiary/aromatic N) is 4. The Hall–Kier alpha value is -3.67. The number of rotatable bonds is 8. The van der Waals surface area contributed by atoms with Crippen molar-refractivity contribution < 1.29 is 19.1 Å². The third-order valence-electron chi connectivity index (χ3n) is 4.80. The number of aryl methyl sites for hydroxylation is 1. The van der Waals surface area contributed by atoms with Crippen LogP contribution in [0.4, 0.5) is 17.5 Å². The molecule has 4 aromatic rings. The fraction of sp³-hybridized carbons (Fsp3) is 0.136. The van der Waals surface area contributed by atoms with Gasteiger partial charge in [0.15, 0.2) is 5.82 Å². The van der Waals surface area contributed by atoms with Gasteiger partial charge in [0.05, 0.1) is 57.3 Å². The van der Waals surface area contributed by atoms with Crippen molar-refractivity contribution in [3.05, 3.63) is 57.7 Å². The van der Waals surface area contributed by atoms with Gasteiger partial charge >= 0.3 is 0 Å². The van der Waals surface area contributed by atoms with Crippen LogP contribution >= 0.6 is 34.5 Å². The number of carbonyl (C=O) groups excluding carboxylic acids is 2. The van der Waals surface area contributed by atoms with Crippen LogP contribution in [0.2, 0.25) is 10.0 Å². The minimum atomic E-state index is -0.408. The Kier molecular flexibility index (Phi) is 6.92. The summed E-state index contributed by atoms with van der Waals surface area (Å²) in [4.78, 5) is 34.2. The van der Waals surface area contributed by atoms with Crippen LogP contribution < -0.4 is 20.1 Å². The summed E-state index contributed by atoms with van der Waals surface area (Å²) in [5.41, 5.74) is 1.02. The molecule has 13 heteroatoms. The van der Waals surface area contributed by atoms with E-state index < -0.39 is 5.78 Å². The molecule has 0 saturated heterocycles. The lowest BCUT2D eigenvalue weighted by atomic mass is 10.1. The first kappa shape index (κ1) is 24.5. The first-order valence-corrected chi connectivity index (χ1v) is 11.5. The number of halogens is 2. The molecule has 0 aliphatic heterocycles. The third-order valence-corrected chi connectivity index (χ3v) is 6.61. The second-order valence-corrected chi connectivity index (χ2v) is 8.89. The molecule has 0 aliphatic rings. The first-order chi connectivity index (χ1) is 16.7. The molecule has 35 heavy (non-hydrogen) atoms. The van der Waals surface area contributed by atoms with E-state index in [1.807, 2.05) is 0 Å². The number of ketones is 1. The number of ether oxygens (including phenoxy) is 2. The van der Waals surface area contributed by atoms with Crippen molar-refractivity contribution >= 4 is 73.9 Å². The lowest BCUT2D eigenvalue weighted by Gasteiger charge is -2.13. The predicted molar refractivity (Wildman–Crippen MR) is 136 cm³/mol. The van der Waals surface area contributed by atoms with E-state index in [1.165, 1.54) is 36.3 Å². The van der Waals surface area contributed by atoms with Crippen LogP contribution in [0.1, 0.15) is 15.2 Å². The summed E-state index contributed by atoms with van der Waals surface area (Å²) >= 11 is 14.0. The molecular weight excluding hydrogens is 515 g/mol. The Labute approximate surface area is 213 Å². The molecule has 2 N–H and O–H groups in total. The highest BCUT2D eigenvalue weighted by molar-refractivity contribution is 7.21. The van der Waals surface area contributed by atoms with Crippen molar-refractivity contribution in [1.29, 1.82) is 0 Å². The van der Waals surface area contributed by atoms with Gasteiger partial charge in [-0.05, 0) is 12.1 Å². The summed E-state index contributed by atoms with van der Waals surface area (Å²) in [5.74, 6) is 0.298. The minimum Gasteiger partial charge on any atom is -0.495 e. The largest absolute Gasteiger partial charge is 0.495 e. The van der Waals surface area contributed by atoms with E-state index in [1.54, 1.807) is 25.5 Å². The number of thiophene rings is 1. The first-order valence-electron chi connectivity index (χ1n) is 9.91. The number of anilines is 3. The number of amides is 1. The summed E-state index contributed by atoms with van der Waals surface area (Å²) in [6.07, 6.45) is 4.35. The number of fused-ring (bicyclic) bond motifs is 1. The van der Waals surface area contributed by atoms with E-state index in [4.69, 9.17) is 32.7 Å². The molecule has 0 spiro atoms. The van der Waals surface area contributed by atoms with Crippen LogP contribution in [-0.2, 0) is 11.8 Å². The molecule has 0 unspecified atom stereocenters. The quantitative estimate of drug-likeness (QED) is 0.244. The maximum atomic E-state index is 13.4. The highest BCUT2D eigenvalue weighted by Crippen LogP contribution is 2.42. The summed E-state index contributed by atoms with van der Waals surface area (Å²) in [6.45, 7) is 3.44. The Morgan fingerprint density at radius 1 is 1.17 bits per heavy atom. The van der Waals surface area contributed by atoms with E-state index in [-0.39, 0.29) is 39.0 Å².